The number of rotatable bonds is 16. The molecule has 0 aliphatic heterocycles. The summed E-state index contributed by atoms with van der Waals surface area (Å²) in [6, 6.07) is 0. The summed E-state index contributed by atoms with van der Waals surface area (Å²) < 4.78 is 0. The molecule has 140 valence electrons. The van der Waals surface area contributed by atoms with E-state index < -0.39 is 0 Å². The Balaban J connectivity index is 3.46. The minimum absolute atomic E-state index is 0.0528. The van der Waals surface area contributed by atoms with E-state index in [-0.39, 0.29) is 12.5 Å². The van der Waals surface area contributed by atoms with Crippen LogP contribution in [-0.2, 0) is 9.59 Å². The largest absolute Gasteiger partial charge is 0.349 e. The van der Waals surface area contributed by atoms with Gasteiger partial charge in [-0.25, -0.2) is 0 Å². The van der Waals surface area contributed by atoms with Gasteiger partial charge in [-0.2, -0.15) is 0 Å². The summed E-state index contributed by atoms with van der Waals surface area (Å²) in [7, 11) is 0. The van der Waals surface area contributed by atoms with Gasteiger partial charge in [-0.1, -0.05) is 68.4 Å². The van der Waals surface area contributed by atoms with Gasteiger partial charge in [0.25, 0.3) is 0 Å². The second-order valence-electron chi connectivity index (χ2n) is 5.95. The third-order valence-corrected chi connectivity index (χ3v) is 3.61. The third-order valence-electron chi connectivity index (χ3n) is 3.61. The molecule has 0 aliphatic carbocycles. The highest BCUT2D eigenvalue weighted by Crippen LogP contribution is 2.01. The zero-order valence-corrected chi connectivity index (χ0v) is 15.8. The van der Waals surface area contributed by atoms with Gasteiger partial charge in [0.15, 0.2) is 0 Å². The smallest absolute Gasteiger partial charge is 0.220 e. The maximum Gasteiger partial charge on any atom is 0.220 e. The number of aldehydes is 1. The fourth-order valence-corrected chi connectivity index (χ4v) is 2.19. The Labute approximate surface area is 154 Å². The summed E-state index contributed by atoms with van der Waals surface area (Å²) in [6.45, 7) is 2.35. The summed E-state index contributed by atoms with van der Waals surface area (Å²) in [5, 5.41) is 2.53. The predicted molar refractivity (Wildman–Crippen MR) is 107 cm³/mol. The molecule has 0 unspecified atom stereocenters. The van der Waals surface area contributed by atoms with Gasteiger partial charge >= 0.3 is 0 Å². The zero-order valence-electron chi connectivity index (χ0n) is 15.8. The highest BCUT2D eigenvalue weighted by atomic mass is 16.2. The van der Waals surface area contributed by atoms with E-state index in [4.69, 9.17) is 0 Å². The van der Waals surface area contributed by atoms with E-state index >= 15 is 0 Å². The second kappa shape index (κ2) is 20.1. The minimum Gasteiger partial charge on any atom is -0.349 e. The van der Waals surface area contributed by atoms with Crippen LogP contribution in [0.2, 0.25) is 0 Å². The van der Waals surface area contributed by atoms with Crippen molar-refractivity contribution in [2.45, 2.75) is 71.1 Å². The fourth-order valence-electron chi connectivity index (χ4n) is 2.19. The van der Waals surface area contributed by atoms with Crippen molar-refractivity contribution < 1.29 is 9.59 Å². The molecule has 0 rings (SSSR count). The molecule has 0 radical (unpaired) electrons. The van der Waals surface area contributed by atoms with Crippen LogP contribution in [0, 0.1) is 0 Å². The zero-order chi connectivity index (χ0) is 18.4. The fraction of sp³-hybridized carbons (Fsp3) is 0.545. The van der Waals surface area contributed by atoms with Crippen molar-refractivity contribution in [3.05, 3.63) is 48.6 Å². The molecule has 0 heterocycles. The monoisotopic (exact) mass is 345 g/mol. The summed E-state index contributed by atoms with van der Waals surface area (Å²) in [5.74, 6) is -0.0528. The number of carbonyl (C=O) groups excluding carboxylic acids is 2. The average Bonchev–Trinajstić information content (AvgIpc) is 2.62. The van der Waals surface area contributed by atoms with E-state index in [1.165, 1.54) is 25.7 Å². The quantitative estimate of drug-likeness (QED) is 0.230. The Bertz CT molecular complexity index is 433. The molecule has 0 aromatic rings. The summed E-state index contributed by atoms with van der Waals surface area (Å²) >= 11 is 0. The van der Waals surface area contributed by atoms with Gasteiger partial charge in [0.2, 0.25) is 5.91 Å². The van der Waals surface area contributed by atoms with Crippen molar-refractivity contribution in [2.75, 3.05) is 6.54 Å². The van der Waals surface area contributed by atoms with Gasteiger partial charge in [0, 0.05) is 6.42 Å². The average molecular weight is 346 g/mol. The number of hydrogen-bond acceptors (Lipinski definition) is 2. The van der Waals surface area contributed by atoms with Crippen LogP contribution in [0.4, 0.5) is 0 Å². The lowest BCUT2D eigenvalue weighted by Crippen LogP contribution is -2.24. The van der Waals surface area contributed by atoms with E-state index in [9.17, 15) is 9.59 Å². The molecule has 25 heavy (non-hydrogen) atoms. The molecule has 0 bridgehead atoms. The first-order chi connectivity index (χ1) is 12.3. The lowest BCUT2D eigenvalue weighted by atomic mass is 10.2. The van der Waals surface area contributed by atoms with Crippen LogP contribution in [0.25, 0.3) is 0 Å². The number of hydrogen-bond donors (Lipinski definition) is 1. The van der Waals surface area contributed by atoms with Crippen molar-refractivity contribution in [1.82, 2.24) is 5.32 Å². The predicted octanol–water partition coefficient (Wildman–Crippen LogP) is 5.45. The van der Waals surface area contributed by atoms with Crippen molar-refractivity contribution in [2.24, 2.45) is 0 Å². The summed E-state index contributed by atoms with van der Waals surface area (Å²) in [6.07, 6.45) is 28.5. The second-order valence-corrected chi connectivity index (χ2v) is 5.95. The van der Waals surface area contributed by atoms with Gasteiger partial charge in [0.1, 0.15) is 6.29 Å². The number of allylic oxidation sites excluding steroid dienone is 8. The molecule has 0 saturated carbocycles. The minimum atomic E-state index is -0.0528. The normalized spacial score (nSPS) is 12.0. The van der Waals surface area contributed by atoms with Gasteiger partial charge < -0.3 is 10.1 Å². The lowest BCUT2D eigenvalue weighted by molar-refractivity contribution is -0.122. The maximum absolute atomic E-state index is 11.2. The molecule has 0 saturated heterocycles. The lowest BCUT2D eigenvalue weighted by Gasteiger charge is -1.98. The van der Waals surface area contributed by atoms with Crippen LogP contribution >= 0.6 is 0 Å². The molecule has 0 atom stereocenters. The first-order valence-electron chi connectivity index (χ1n) is 9.61. The SMILES string of the molecule is CCCCC/C=C\C/C=C\C/C=C\C/C=C\CCCC(=O)NCC=O. The molecule has 0 fully saturated rings. The van der Waals surface area contributed by atoms with E-state index in [0.717, 1.165) is 32.1 Å². The van der Waals surface area contributed by atoms with Crippen molar-refractivity contribution in [1.29, 1.82) is 0 Å². The molecule has 0 aliphatic rings. The van der Waals surface area contributed by atoms with Crippen LogP contribution in [0.3, 0.4) is 0 Å². The van der Waals surface area contributed by atoms with Crippen LogP contribution in [-0.4, -0.2) is 18.7 Å². The third kappa shape index (κ3) is 20.1. The number of unbranched alkanes of at least 4 members (excludes halogenated alkanes) is 4. The number of nitrogens with one attached hydrogen (secondary N) is 1. The van der Waals surface area contributed by atoms with Gasteiger partial charge in [-0.15, -0.1) is 0 Å². The van der Waals surface area contributed by atoms with Gasteiger partial charge in [-0.05, 0) is 44.9 Å². The molecule has 1 amide bonds. The molecule has 0 spiro atoms. The van der Waals surface area contributed by atoms with Crippen LogP contribution in [0.5, 0.6) is 0 Å². The molecule has 0 aromatic heterocycles. The van der Waals surface area contributed by atoms with Crippen LogP contribution in [0.1, 0.15) is 71.1 Å². The van der Waals surface area contributed by atoms with Crippen molar-refractivity contribution in [3.63, 3.8) is 0 Å². The van der Waals surface area contributed by atoms with Crippen LogP contribution < -0.4 is 5.32 Å². The van der Waals surface area contributed by atoms with E-state index in [1.807, 2.05) is 0 Å². The number of amides is 1. The van der Waals surface area contributed by atoms with E-state index in [2.05, 4.69) is 60.8 Å². The number of carbonyl (C=O) groups is 2. The van der Waals surface area contributed by atoms with Gasteiger partial charge in [-0.3, -0.25) is 4.79 Å². The van der Waals surface area contributed by atoms with Crippen molar-refractivity contribution in [3.8, 4) is 0 Å². The Morgan fingerprint density at radius 1 is 0.760 bits per heavy atom. The molecular formula is C22H35NO2. The molecule has 3 nitrogen and oxygen atoms in total. The first-order valence-corrected chi connectivity index (χ1v) is 9.61. The van der Waals surface area contributed by atoms with Gasteiger partial charge in [0.05, 0.1) is 6.54 Å². The molecule has 0 aromatic carbocycles. The van der Waals surface area contributed by atoms with Crippen LogP contribution in [0.15, 0.2) is 48.6 Å². The maximum atomic E-state index is 11.2. The Kier molecular flexibility index (Phi) is 18.6. The first kappa shape index (κ1) is 23.1. The Morgan fingerprint density at radius 2 is 1.28 bits per heavy atom. The molecular weight excluding hydrogens is 310 g/mol. The topological polar surface area (TPSA) is 46.2 Å². The van der Waals surface area contributed by atoms with E-state index in [0.29, 0.717) is 12.7 Å². The van der Waals surface area contributed by atoms with Crippen molar-refractivity contribution >= 4 is 12.2 Å². The highest BCUT2D eigenvalue weighted by Gasteiger charge is 1.97. The standard InChI is InChI=1S/C22H35NO2/c1-2-3-4-5-6-7-8-9-10-11-12-13-14-15-16-17-18-19-22(25)23-20-21-24/h6-7,9-10,12-13,15-16,21H,2-5,8,11,14,17-20H2,1H3,(H,23,25)/b7-6-,10-9-,13-12-,16-15-. The summed E-state index contributed by atoms with van der Waals surface area (Å²) in [5.41, 5.74) is 0. The Morgan fingerprint density at radius 3 is 1.80 bits per heavy atom. The molecule has 3 heteroatoms. The Hall–Kier alpha value is -1.90. The summed E-state index contributed by atoms with van der Waals surface area (Å²) in [4.78, 5) is 21.3. The highest BCUT2D eigenvalue weighted by molar-refractivity contribution is 5.78. The molecule has 1 N–H and O–H groups in total. The van der Waals surface area contributed by atoms with E-state index in [1.54, 1.807) is 0 Å².